The Morgan fingerprint density at radius 1 is 0.955 bits per heavy atom. The van der Waals surface area contributed by atoms with E-state index in [4.69, 9.17) is 23.7 Å². The number of hydrogen-bond donors (Lipinski definition) is 0. The van der Waals surface area contributed by atoms with Gasteiger partial charge in [0.2, 0.25) is 0 Å². The number of carbonyl (C=O) groups is 1. The van der Waals surface area contributed by atoms with Crippen molar-refractivity contribution in [2.45, 2.75) is 26.5 Å². The lowest BCUT2D eigenvalue weighted by Crippen LogP contribution is -2.39. The molecule has 0 bridgehead atoms. The van der Waals surface area contributed by atoms with Gasteiger partial charge in [-0.15, -0.1) is 0 Å². The molecule has 0 radical (unpaired) electrons. The Balaban J connectivity index is 1.58. The van der Waals surface area contributed by atoms with Crippen molar-refractivity contribution >= 4 is 39.3 Å². The number of fused-ring (bicyclic) bond motifs is 1. The van der Waals surface area contributed by atoms with Crippen LogP contribution in [0.3, 0.4) is 0 Å². The van der Waals surface area contributed by atoms with Gasteiger partial charge in [-0.2, -0.15) is 0 Å². The minimum atomic E-state index is -0.789. The molecule has 0 saturated heterocycles. The number of hydrogen-bond acceptors (Lipinski definition) is 9. The Bertz CT molecular complexity index is 1880. The number of halogens is 1. The molecule has 11 heteroatoms. The number of ether oxygens (including phenoxy) is 5. The second-order valence-electron chi connectivity index (χ2n) is 9.55. The molecule has 3 aromatic carbocycles. The predicted molar refractivity (Wildman–Crippen MR) is 171 cm³/mol. The van der Waals surface area contributed by atoms with Gasteiger partial charge in [-0.3, -0.25) is 9.36 Å². The number of rotatable bonds is 11. The van der Waals surface area contributed by atoms with E-state index in [1.165, 1.54) is 29.2 Å². The van der Waals surface area contributed by atoms with Gasteiger partial charge in [0, 0.05) is 10.7 Å². The summed E-state index contributed by atoms with van der Waals surface area (Å²) in [7, 11) is 2.87. The summed E-state index contributed by atoms with van der Waals surface area (Å²) in [4.78, 5) is 31.8. The number of carbonyl (C=O) groups excluding carboxylic acids is 1. The van der Waals surface area contributed by atoms with Crippen LogP contribution in [0.4, 0.5) is 0 Å². The van der Waals surface area contributed by atoms with Gasteiger partial charge in [-0.25, -0.2) is 9.79 Å². The summed E-state index contributed by atoms with van der Waals surface area (Å²) in [5, 5.41) is 0. The maximum atomic E-state index is 14.0. The van der Waals surface area contributed by atoms with E-state index in [9.17, 15) is 9.59 Å². The van der Waals surface area contributed by atoms with Crippen molar-refractivity contribution in [3.05, 3.63) is 113 Å². The first-order chi connectivity index (χ1) is 21.4. The molecule has 0 N–H and O–H groups in total. The van der Waals surface area contributed by atoms with E-state index in [0.717, 1.165) is 5.56 Å². The van der Waals surface area contributed by atoms with Crippen LogP contribution < -0.4 is 33.8 Å². The maximum Gasteiger partial charge on any atom is 0.337 e. The molecular formula is C33H31BrN2O7S. The van der Waals surface area contributed by atoms with Gasteiger partial charge in [0.1, 0.15) is 6.61 Å². The third kappa shape index (κ3) is 6.44. The summed E-state index contributed by atoms with van der Waals surface area (Å²) in [6, 6.07) is 18.0. The number of nitrogens with zero attached hydrogens (tertiary/aromatic N) is 2. The van der Waals surface area contributed by atoms with Crippen LogP contribution >= 0.6 is 27.3 Å². The molecule has 9 nitrogen and oxygen atoms in total. The fourth-order valence-electron chi connectivity index (χ4n) is 4.80. The largest absolute Gasteiger partial charge is 0.493 e. The highest BCUT2D eigenvalue weighted by atomic mass is 79.9. The molecular weight excluding hydrogens is 648 g/mol. The standard InChI is InChI=1S/C33H31BrN2O7S/c1-5-41-25-13-12-21(14-27(25)42-6-2)30-23(32(38)40-4)18-35-33-36(30)31(37)29(44-33)16-22-15-26(39-3)28(17-24(22)34)43-19-20-10-8-7-9-11-20/h7-18,30H,5-6,19H2,1-4H3/b29-16-/t30-/m0/s1. The second-order valence-corrected chi connectivity index (χ2v) is 11.4. The Morgan fingerprint density at radius 2 is 1.68 bits per heavy atom. The SMILES string of the molecule is CCOc1ccc([C@H]2C(C(=O)OC)=CN=c3s/c(=C\c4cc(OC)c(OCc5ccccc5)cc4Br)c(=O)n32)cc1OCC. The molecule has 1 aliphatic rings. The first-order valence-corrected chi connectivity index (χ1v) is 15.5. The molecule has 1 aromatic heterocycles. The minimum absolute atomic E-state index is 0.223. The van der Waals surface area contributed by atoms with Crippen LogP contribution in [0.25, 0.3) is 6.08 Å². The number of methoxy groups -OCH3 is 2. The highest BCUT2D eigenvalue weighted by Crippen LogP contribution is 2.36. The number of esters is 1. The smallest absolute Gasteiger partial charge is 0.337 e. The summed E-state index contributed by atoms with van der Waals surface area (Å²) >= 11 is 4.85. The predicted octanol–water partition coefficient (Wildman–Crippen LogP) is 5.17. The van der Waals surface area contributed by atoms with Gasteiger partial charge in [0.25, 0.3) is 5.56 Å². The fourth-order valence-corrected chi connectivity index (χ4v) is 6.19. The zero-order chi connectivity index (χ0) is 31.2. The fraction of sp³-hybridized carbons (Fsp3) is 0.242. The van der Waals surface area contributed by atoms with Gasteiger partial charge < -0.3 is 23.7 Å². The Hall–Kier alpha value is -4.35. The Kier molecular flexibility index (Phi) is 9.86. The lowest BCUT2D eigenvalue weighted by molar-refractivity contribution is -0.136. The third-order valence-corrected chi connectivity index (χ3v) is 8.50. The Labute approximate surface area is 266 Å². The monoisotopic (exact) mass is 678 g/mol. The van der Waals surface area contributed by atoms with Gasteiger partial charge in [-0.1, -0.05) is 63.7 Å². The van der Waals surface area contributed by atoms with Crippen LogP contribution in [-0.4, -0.2) is 38.0 Å². The zero-order valence-corrected chi connectivity index (χ0v) is 27.1. The summed E-state index contributed by atoms with van der Waals surface area (Å²) in [6.45, 7) is 5.02. The molecule has 1 atom stereocenters. The van der Waals surface area contributed by atoms with Crippen LogP contribution in [0.1, 0.15) is 36.6 Å². The minimum Gasteiger partial charge on any atom is -0.493 e. The molecule has 228 valence electrons. The average Bonchev–Trinajstić information content (AvgIpc) is 3.36. The van der Waals surface area contributed by atoms with Crippen molar-refractivity contribution in [3.8, 4) is 23.0 Å². The number of benzene rings is 3. The average molecular weight is 680 g/mol. The van der Waals surface area contributed by atoms with Gasteiger partial charge in [0.15, 0.2) is 27.8 Å². The van der Waals surface area contributed by atoms with E-state index in [0.29, 0.717) is 67.8 Å². The summed E-state index contributed by atoms with van der Waals surface area (Å²) in [6.07, 6.45) is 3.22. The van der Waals surface area contributed by atoms with Crippen LogP contribution in [0.2, 0.25) is 0 Å². The Morgan fingerprint density at radius 3 is 2.39 bits per heavy atom. The molecule has 4 aromatic rings. The van der Waals surface area contributed by atoms with E-state index >= 15 is 0 Å². The van der Waals surface area contributed by atoms with Crippen molar-refractivity contribution in [1.82, 2.24) is 4.57 Å². The van der Waals surface area contributed by atoms with Crippen molar-refractivity contribution in [2.75, 3.05) is 27.4 Å². The molecule has 0 amide bonds. The molecule has 1 aliphatic heterocycles. The van der Waals surface area contributed by atoms with Crippen molar-refractivity contribution in [2.24, 2.45) is 4.99 Å². The number of aromatic nitrogens is 1. The van der Waals surface area contributed by atoms with Crippen molar-refractivity contribution in [3.63, 3.8) is 0 Å². The first-order valence-electron chi connectivity index (χ1n) is 13.9. The molecule has 0 fully saturated rings. The molecule has 44 heavy (non-hydrogen) atoms. The van der Waals surface area contributed by atoms with E-state index < -0.39 is 12.0 Å². The van der Waals surface area contributed by atoms with Crippen molar-refractivity contribution < 1.29 is 28.5 Å². The van der Waals surface area contributed by atoms with Gasteiger partial charge >= 0.3 is 5.97 Å². The van der Waals surface area contributed by atoms with Crippen LogP contribution in [0.5, 0.6) is 23.0 Å². The molecule has 2 heterocycles. The normalized spacial score (nSPS) is 14.2. The molecule has 0 spiro atoms. The lowest BCUT2D eigenvalue weighted by atomic mass is 9.97. The zero-order valence-electron chi connectivity index (χ0n) is 24.7. The summed E-state index contributed by atoms with van der Waals surface area (Å²) in [5.74, 6) is 1.58. The highest BCUT2D eigenvalue weighted by Gasteiger charge is 2.31. The quantitative estimate of drug-likeness (QED) is 0.202. The van der Waals surface area contributed by atoms with Gasteiger partial charge in [0.05, 0.1) is 43.6 Å². The van der Waals surface area contributed by atoms with Crippen molar-refractivity contribution in [1.29, 1.82) is 0 Å². The number of thiazole rings is 1. The van der Waals surface area contributed by atoms with E-state index in [1.807, 2.05) is 56.3 Å². The van der Waals surface area contributed by atoms with Crippen LogP contribution in [0.15, 0.2) is 86.7 Å². The maximum absolute atomic E-state index is 14.0. The molecule has 0 aliphatic carbocycles. The first kappa shape index (κ1) is 31.1. The summed E-state index contributed by atoms with van der Waals surface area (Å²) in [5.41, 5.74) is 2.30. The van der Waals surface area contributed by atoms with E-state index in [2.05, 4.69) is 20.9 Å². The summed E-state index contributed by atoms with van der Waals surface area (Å²) < 4.78 is 30.9. The highest BCUT2D eigenvalue weighted by molar-refractivity contribution is 9.10. The molecule has 0 unspecified atom stereocenters. The van der Waals surface area contributed by atoms with Crippen LogP contribution in [-0.2, 0) is 16.1 Å². The molecule has 0 saturated carbocycles. The second kappa shape index (κ2) is 14.0. The van der Waals surface area contributed by atoms with E-state index in [1.54, 1.807) is 31.4 Å². The lowest BCUT2D eigenvalue weighted by Gasteiger charge is -2.23. The van der Waals surface area contributed by atoms with E-state index in [-0.39, 0.29) is 11.1 Å². The third-order valence-electron chi connectivity index (χ3n) is 6.81. The van der Waals surface area contributed by atoms with Gasteiger partial charge in [-0.05, 0) is 60.9 Å². The topological polar surface area (TPSA) is 97.6 Å². The molecule has 5 rings (SSSR count). The van der Waals surface area contributed by atoms with Crippen LogP contribution in [0, 0.1) is 0 Å².